The molecule has 0 amide bonds. The highest BCUT2D eigenvalue weighted by Gasteiger charge is 2.36. The third-order valence-corrected chi connectivity index (χ3v) is 4.58. The Balaban J connectivity index is 1.55. The van der Waals surface area contributed by atoms with Crippen LogP contribution in [0.2, 0.25) is 0 Å². The molecule has 0 spiro atoms. The third kappa shape index (κ3) is 4.29. The highest BCUT2D eigenvalue weighted by atomic mass is 32.1. The summed E-state index contributed by atoms with van der Waals surface area (Å²) in [5.41, 5.74) is 1.04. The first-order valence-electron chi connectivity index (χ1n) is 8.09. The van der Waals surface area contributed by atoms with E-state index in [9.17, 15) is 0 Å². The van der Waals surface area contributed by atoms with Crippen LogP contribution in [0, 0.1) is 5.41 Å². The molecule has 25 heavy (non-hydrogen) atoms. The van der Waals surface area contributed by atoms with Crippen molar-refractivity contribution in [3.8, 4) is 11.6 Å². The zero-order valence-corrected chi connectivity index (χ0v) is 15.4. The van der Waals surface area contributed by atoms with Crippen LogP contribution in [-0.4, -0.2) is 36.5 Å². The standard InChI is InChI=1S/C18H22N2O4S/c1-18(2)11-22-10-15(18)19-17(25)14-8-16(20-24-14)23-9-12-4-6-13(21-3)7-5-12/h4-8,15H,9-11H2,1-3H3,(H,19,25)/t15-/m1/s1. The van der Waals surface area contributed by atoms with Gasteiger partial charge in [-0.15, -0.1) is 0 Å². The second-order valence-corrected chi connectivity index (χ2v) is 7.10. The van der Waals surface area contributed by atoms with Gasteiger partial charge in [0.05, 0.1) is 32.4 Å². The van der Waals surface area contributed by atoms with Gasteiger partial charge in [-0.3, -0.25) is 0 Å². The fourth-order valence-electron chi connectivity index (χ4n) is 2.55. The van der Waals surface area contributed by atoms with Gasteiger partial charge in [-0.25, -0.2) is 0 Å². The Hall–Kier alpha value is -2.12. The fraction of sp³-hybridized carbons (Fsp3) is 0.444. The summed E-state index contributed by atoms with van der Waals surface area (Å²) >= 11 is 5.41. The van der Waals surface area contributed by atoms with Crippen molar-refractivity contribution in [2.24, 2.45) is 5.41 Å². The Morgan fingerprint density at radius 1 is 1.36 bits per heavy atom. The predicted octanol–water partition coefficient (Wildman–Crippen LogP) is 2.95. The van der Waals surface area contributed by atoms with E-state index in [1.807, 2.05) is 24.3 Å². The average Bonchev–Trinajstić information content (AvgIpc) is 3.20. The van der Waals surface area contributed by atoms with Crippen molar-refractivity contribution < 1.29 is 18.7 Å². The first kappa shape index (κ1) is 17.7. The molecule has 1 aromatic carbocycles. The maximum Gasteiger partial charge on any atom is 0.255 e. The van der Waals surface area contributed by atoms with Crippen LogP contribution >= 0.6 is 12.2 Å². The van der Waals surface area contributed by atoms with E-state index in [4.69, 9.17) is 31.0 Å². The average molecular weight is 362 g/mol. The number of hydrogen-bond donors (Lipinski definition) is 1. The van der Waals surface area contributed by atoms with Gasteiger partial charge < -0.3 is 24.1 Å². The zero-order chi connectivity index (χ0) is 17.9. The lowest BCUT2D eigenvalue weighted by molar-refractivity contribution is 0.166. The molecule has 0 unspecified atom stereocenters. The lowest BCUT2D eigenvalue weighted by Crippen LogP contribution is -2.43. The summed E-state index contributed by atoms with van der Waals surface area (Å²) in [7, 11) is 1.64. The number of ether oxygens (including phenoxy) is 3. The molecule has 0 aliphatic carbocycles. The molecule has 1 N–H and O–H groups in total. The van der Waals surface area contributed by atoms with Gasteiger partial charge in [-0.1, -0.05) is 38.2 Å². The Morgan fingerprint density at radius 3 is 2.76 bits per heavy atom. The van der Waals surface area contributed by atoms with Crippen molar-refractivity contribution >= 4 is 17.2 Å². The van der Waals surface area contributed by atoms with Gasteiger partial charge in [0.1, 0.15) is 17.3 Å². The predicted molar refractivity (Wildman–Crippen MR) is 97.1 cm³/mol. The van der Waals surface area contributed by atoms with Crippen LogP contribution < -0.4 is 14.8 Å². The molecule has 0 radical (unpaired) electrons. The molecule has 0 saturated carbocycles. The summed E-state index contributed by atoms with van der Waals surface area (Å²) in [6.45, 7) is 6.01. The van der Waals surface area contributed by atoms with Crippen LogP contribution in [0.1, 0.15) is 25.2 Å². The number of hydrogen-bond acceptors (Lipinski definition) is 6. The number of rotatable bonds is 6. The summed E-state index contributed by atoms with van der Waals surface area (Å²) in [6, 6.07) is 9.49. The SMILES string of the molecule is COc1ccc(COc2cc(C(=S)N[C@@H]3COCC3(C)C)on2)cc1. The summed E-state index contributed by atoms with van der Waals surface area (Å²) in [6.07, 6.45) is 0. The molecule has 2 heterocycles. The van der Waals surface area contributed by atoms with Gasteiger partial charge in [-0.2, -0.15) is 0 Å². The van der Waals surface area contributed by atoms with Crippen LogP contribution in [-0.2, 0) is 11.3 Å². The first-order valence-corrected chi connectivity index (χ1v) is 8.50. The van der Waals surface area contributed by atoms with Crippen molar-refractivity contribution in [2.75, 3.05) is 20.3 Å². The lowest BCUT2D eigenvalue weighted by atomic mass is 9.88. The first-order chi connectivity index (χ1) is 12.0. The smallest absolute Gasteiger partial charge is 0.255 e. The van der Waals surface area contributed by atoms with Gasteiger partial charge in [0, 0.05) is 5.41 Å². The number of aromatic nitrogens is 1. The highest BCUT2D eigenvalue weighted by Crippen LogP contribution is 2.27. The molecule has 1 fully saturated rings. The number of methoxy groups -OCH3 is 1. The Labute approximate surface area is 152 Å². The van der Waals surface area contributed by atoms with Gasteiger partial charge in [0.25, 0.3) is 5.88 Å². The lowest BCUT2D eigenvalue weighted by Gasteiger charge is -2.25. The molecular formula is C18H22N2O4S. The molecule has 1 aliphatic rings. The molecule has 1 atom stereocenters. The highest BCUT2D eigenvalue weighted by molar-refractivity contribution is 7.80. The monoisotopic (exact) mass is 362 g/mol. The Morgan fingerprint density at radius 2 is 2.12 bits per heavy atom. The second kappa shape index (κ2) is 7.41. The van der Waals surface area contributed by atoms with Crippen LogP contribution in [0.4, 0.5) is 0 Å². The maximum absolute atomic E-state index is 5.65. The van der Waals surface area contributed by atoms with E-state index in [1.54, 1.807) is 13.2 Å². The Kier molecular flexibility index (Phi) is 5.24. The molecule has 0 bridgehead atoms. The van der Waals surface area contributed by atoms with Crippen molar-refractivity contribution in [1.82, 2.24) is 10.5 Å². The summed E-state index contributed by atoms with van der Waals surface area (Å²) in [5.74, 6) is 1.70. The molecule has 6 nitrogen and oxygen atoms in total. The zero-order valence-electron chi connectivity index (χ0n) is 14.6. The van der Waals surface area contributed by atoms with E-state index >= 15 is 0 Å². The van der Waals surface area contributed by atoms with Crippen LogP contribution in [0.15, 0.2) is 34.9 Å². The van der Waals surface area contributed by atoms with E-state index in [0.717, 1.165) is 11.3 Å². The van der Waals surface area contributed by atoms with E-state index in [0.29, 0.717) is 36.4 Å². The number of nitrogens with zero attached hydrogens (tertiary/aromatic N) is 1. The third-order valence-electron chi connectivity index (χ3n) is 4.27. The van der Waals surface area contributed by atoms with Gasteiger partial charge in [-0.05, 0) is 22.9 Å². The number of thiocarbonyl (C=S) groups is 1. The molecular weight excluding hydrogens is 340 g/mol. The van der Waals surface area contributed by atoms with Gasteiger partial charge in [0.2, 0.25) is 0 Å². The minimum Gasteiger partial charge on any atom is -0.497 e. The minimum absolute atomic E-state index is 0.0256. The van der Waals surface area contributed by atoms with Crippen LogP contribution in [0.3, 0.4) is 0 Å². The summed E-state index contributed by atoms with van der Waals surface area (Å²) in [5, 5.41) is 7.20. The number of benzene rings is 1. The van der Waals surface area contributed by atoms with Crippen LogP contribution in [0.25, 0.3) is 0 Å². The Bertz CT molecular complexity index is 727. The van der Waals surface area contributed by atoms with E-state index < -0.39 is 0 Å². The van der Waals surface area contributed by atoms with Crippen molar-refractivity contribution in [1.29, 1.82) is 0 Å². The van der Waals surface area contributed by atoms with E-state index in [2.05, 4.69) is 24.3 Å². The van der Waals surface area contributed by atoms with Gasteiger partial charge in [0.15, 0.2) is 5.76 Å². The summed E-state index contributed by atoms with van der Waals surface area (Å²) in [4.78, 5) is 0.510. The molecule has 1 aromatic heterocycles. The molecule has 2 aromatic rings. The van der Waals surface area contributed by atoms with Crippen molar-refractivity contribution in [2.45, 2.75) is 26.5 Å². The van der Waals surface area contributed by atoms with E-state index in [1.165, 1.54) is 0 Å². The fourth-order valence-corrected chi connectivity index (χ4v) is 2.78. The topological polar surface area (TPSA) is 65.8 Å². The molecule has 134 valence electrons. The quantitative estimate of drug-likeness (QED) is 0.793. The largest absolute Gasteiger partial charge is 0.497 e. The second-order valence-electron chi connectivity index (χ2n) is 6.70. The van der Waals surface area contributed by atoms with E-state index in [-0.39, 0.29) is 11.5 Å². The van der Waals surface area contributed by atoms with Crippen LogP contribution in [0.5, 0.6) is 11.6 Å². The van der Waals surface area contributed by atoms with Crippen molar-refractivity contribution in [3.05, 3.63) is 41.7 Å². The molecule has 1 saturated heterocycles. The molecule has 3 rings (SSSR count). The summed E-state index contributed by atoms with van der Waals surface area (Å²) < 4.78 is 21.6. The maximum atomic E-state index is 5.65. The van der Waals surface area contributed by atoms with Crippen molar-refractivity contribution in [3.63, 3.8) is 0 Å². The number of nitrogens with one attached hydrogen (secondary N) is 1. The molecule has 7 heteroatoms. The van der Waals surface area contributed by atoms with Gasteiger partial charge >= 0.3 is 0 Å². The molecule has 1 aliphatic heterocycles. The normalized spacial score (nSPS) is 18.8. The minimum atomic E-state index is 0.0256.